The number of benzene rings is 4. The Balaban J connectivity index is 1.72. The van der Waals surface area contributed by atoms with Crippen LogP contribution in [0.3, 0.4) is 0 Å². The topological polar surface area (TPSA) is 125 Å². The maximum Gasteiger partial charge on any atom is 0.261 e. The van der Waals surface area contributed by atoms with Crippen molar-refractivity contribution in [3.63, 3.8) is 0 Å². The number of hydrogen-bond donors (Lipinski definition) is 1. The van der Waals surface area contributed by atoms with E-state index in [4.69, 9.17) is 14.2 Å². The Morgan fingerprint density at radius 3 is 1.81 bits per heavy atom. The van der Waals surface area contributed by atoms with Crippen molar-refractivity contribution in [2.45, 2.75) is 4.90 Å². The van der Waals surface area contributed by atoms with E-state index in [0.717, 1.165) is 0 Å². The van der Waals surface area contributed by atoms with E-state index in [0.29, 0.717) is 54.8 Å². The van der Waals surface area contributed by atoms with E-state index < -0.39 is 10.0 Å². The molecule has 10 heteroatoms. The summed E-state index contributed by atoms with van der Waals surface area (Å²) in [7, 11) is -2.51. The van der Waals surface area contributed by atoms with E-state index in [1.165, 1.54) is 25.3 Å². The van der Waals surface area contributed by atoms with Crippen molar-refractivity contribution in [1.29, 1.82) is 10.5 Å². The summed E-state index contributed by atoms with van der Waals surface area (Å²) >= 11 is 0. The lowest BCUT2D eigenvalue weighted by Crippen LogP contribution is -2.33. The molecular weight excluding hydrogens is 564 g/mol. The molecule has 0 radical (unpaired) electrons. The van der Waals surface area contributed by atoms with Crippen LogP contribution in [-0.4, -0.2) is 41.8 Å². The molecule has 4 rings (SSSR count). The van der Waals surface area contributed by atoms with Gasteiger partial charge >= 0.3 is 0 Å². The number of methoxy groups -OCH3 is 1. The second-order valence-corrected chi connectivity index (χ2v) is 10.8. The van der Waals surface area contributed by atoms with Crippen LogP contribution < -0.4 is 23.8 Å². The van der Waals surface area contributed by atoms with Crippen LogP contribution in [0.25, 0.3) is 6.08 Å². The average Bonchev–Trinajstić information content (AvgIpc) is 3.04. The summed E-state index contributed by atoms with van der Waals surface area (Å²) in [5.74, 6) is 1.84. The van der Waals surface area contributed by atoms with Crippen molar-refractivity contribution in [3.8, 4) is 29.4 Å². The number of para-hydroxylation sites is 2. The van der Waals surface area contributed by atoms with Gasteiger partial charge in [0.25, 0.3) is 10.0 Å². The van der Waals surface area contributed by atoms with Crippen LogP contribution >= 0.6 is 0 Å². The van der Waals surface area contributed by atoms with Gasteiger partial charge in [-0.15, -0.1) is 0 Å². The molecular formula is C33H30N4O5S. The summed E-state index contributed by atoms with van der Waals surface area (Å²) < 4.78 is 46.9. The maximum absolute atomic E-state index is 13.3. The van der Waals surface area contributed by atoms with Gasteiger partial charge in [0.2, 0.25) is 0 Å². The molecule has 1 N–H and O–H groups in total. The van der Waals surface area contributed by atoms with E-state index in [1.807, 2.05) is 77.7 Å². The van der Waals surface area contributed by atoms with Gasteiger partial charge in [0, 0.05) is 5.56 Å². The Labute approximate surface area is 251 Å². The van der Waals surface area contributed by atoms with Gasteiger partial charge in [0.15, 0.2) is 0 Å². The molecule has 0 atom stereocenters. The second kappa shape index (κ2) is 15.0. The van der Waals surface area contributed by atoms with Gasteiger partial charge in [-0.3, -0.25) is 4.72 Å². The minimum absolute atomic E-state index is 0.0625. The van der Waals surface area contributed by atoms with Gasteiger partial charge in [-0.2, -0.15) is 10.5 Å². The molecule has 0 spiro atoms. The van der Waals surface area contributed by atoms with Crippen LogP contribution in [0.2, 0.25) is 0 Å². The van der Waals surface area contributed by atoms with Crippen LogP contribution in [-0.2, 0) is 10.0 Å². The van der Waals surface area contributed by atoms with Gasteiger partial charge in [0.1, 0.15) is 48.2 Å². The molecule has 0 aliphatic heterocycles. The van der Waals surface area contributed by atoms with Crippen molar-refractivity contribution < 1.29 is 22.6 Å². The lowest BCUT2D eigenvalue weighted by atomic mass is 10.1. The summed E-state index contributed by atoms with van der Waals surface area (Å²) in [6, 6.07) is 33.6. The summed E-state index contributed by atoms with van der Waals surface area (Å²) in [5, 5.41) is 18.8. The lowest BCUT2D eigenvalue weighted by Gasteiger charge is -2.28. The van der Waals surface area contributed by atoms with Crippen molar-refractivity contribution >= 4 is 27.5 Å². The summed E-state index contributed by atoms with van der Waals surface area (Å²) in [6.07, 6.45) is 1.32. The zero-order valence-electron chi connectivity index (χ0n) is 23.5. The molecule has 4 aromatic rings. The van der Waals surface area contributed by atoms with Crippen molar-refractivity contribution in [1.82, 2.24) is 0 Å². The van der Waals surface area contributed by atoms with Gasteiger partial charge in [-0.05, 0) is 54.6 Å². The molecule has 9 nitrogen and oxygen atoms in total. The van der Waals surface area contributed by atoms with Crippen LogP contribution in [0.15, 0.2) is 114 Å². The number of ether oxygens (including phenoxy) is 3. The Morgan fingerprint density at radius 1 is 0.814 bits per heavy atom. The first-order valence-corrected chi connectivity index (χ1v) is 14.8. The number of sulfonamides is 1. The van der Waals surface area contributed by atoms with E-state index in [-0.39, 0.29) is 16.2 Å². The van der Waals surface area contributed by atoms with Crippen molar-refractivity contribution in [2.24, 2.45) is 0 Å². The normalized spacial score (nSPS) is 10.5. The molecule has 0 amide bonds. The van der Waals surface area contributed by atoms with E-state index in [1.54, 1.807) is 30.3 Å². The van der Waals surface area contributed by atoms with E-state index in [9.17, 15) is 18.9 Å². The van der Waals surface area contributed by atoms with Crippen LogP contribution in [0.4, 0.5) is 11.4 Å². The van der Waals surface area contributed by atoms with E-state index >= 15 is 0 Å². The highest BCUT2D eigenvalue weighted by molar-refractivity contribution is 7.92. The Bertz CT molecular complexity index is 1660. The molecule has 0 bridgehead atoms. The number of nitrogens with zero attached hydrogens (tertiary/aromatic N) is 3. The number of allylic oxidation sites excluding steroid dienone is 1. The van der Waals surface area contributed by atoms with Crippen LogP contribution in [0.1, 0.15) is 5.56 Å². The SMILES string of the molecule is COc1cc(C=C(C#N)C#N)c(NS(=O)(=O)c2ccccc2)cc1N(CCOc1ccccc1)CCOc1ccccc1. The highest BCUT2D eigenvalue weighted by Gasteiger charge is 2.21. The van der Waals surface area contributed by atoms with Crippen molar-refractivity contribution in [3.05, 3.63) is 114 Å². The molecule has 0 aliphatic rings. The second-order valence-electron chi connectivity index (χ2n) is 9.12. The summed E-state index contributed by atoms with van der Waals surface area (Å²) in [6.45, 7) is 1.45. The third-order valence-corrected chi connectivity index (χ3v) is 7.66. The number of anilines is 2. The summed E-state index contributed by atoms with van der Waals surface area (Å²) in [4.78, 5) is 2.03. The van der Waals surface area contributed by atoms with Crippen molar-refractivity contribution in [2.75, 3.05) is 43.0 Å². The molecule has 4 aromatic carbocycles. The van der Waals surface area contributed by atoms with Gasteiger partial charge in [-0.1, -0.05) is 54.6 Å². The zero-order valence-corrected chi connectivity index (χ0v) is 24.3. The Kier molecular flexibility index (Phi) is 10.6. The Hall–Kier alpha value is -5.45. The molecule has 43 heavy (non-hydrogen) atoms. The third kappa shape index (κ3) is 8.52. The quantitative estimate of drug-likeness (QED) is 0.179. The zero-order chi connectivity index (χ0) is 30.5. The average molecular weight is 595 g/mol. The fraction of sp³-hybridized carbons (Fsp3) is 0.152. The third-order valence-electron chi connectivity index (χ3n) is 6.28. The molecule has 0 heterocycles. The van der Waals surface area contributed by atoms with Gasteiger partial charge in [0.05, 0.1) is 36.5 Å². The molecule has 218 valence electrons. The first-order valence-electron chi connectivity index (χ1n) is 13.4. The molecule has 0 unspecified atom stereocenters. The molecule has 0 aromatic heterocycles. The standard InChI is InChI=1S/C33H30N4O5S/c1-40-33-22-27(21-26(24-34)25-35)31(36-43(38,39)30-15-9-4-10-16-30)23-32(33)37(17-19-41-28-11-5-2-6-12-28)18-20-42-29-13-7-3-8-14-29/h2-16,21-23,36H,17-20H2,1H3. The first kappa shape index (κ1) is 30.5. The lowest BCUT2D eigenvalue weighted by molar-refractivity contribution is 0.302. The predicted octanol–water partition coefficient (Wildman–Crippen LogP) is 5.89. The highest BCUT2D eigenvalue weighted by Crippen LogP contribution is 2.36. The highest BCUT2D eigenvalue weighted by atomic mass is 32.2. The number of hydrogen-bond acceptors (Lipinski definition) is 8. The van der Waals surface area contributed by atoms with E-state index in [2.05, 4.69) is 4.72 Å². The number of nitriles is 2. The fourth-order valence-electron chi connectivity index (χ4n) is 4.18. The smallest absolute Gasteiger partial charge is 0.261 e. The minimum atomic E-state index is -4.01. The fourth-order valence-corrected chi connectivity index (χ4v) is 5.28. The summed E-state index contributed by atoms with van der Waals surface area (Å²) in [5.41, 5.74) is 0.827. The molecule has 0 saturated carbocycles. The molecule has 0 aliphatic carbocycles. The van der Waals surface area contributed by atoms with Crippen LogP contribution in [0, 0.1) is 22.7 Å². The molecule has 0 saturated heterocycles. The minimum Gasteiger partial charge on any atom is -0.495 e. The monoisotopic (exact) mass is 594 g/mol. The largest absolute Gasteiger partial charge is 0.495 e. The Morgan fingerprint density at radius 2 is 1.33 bits per heavy atom. The molecule has 0 fully saturated rings. The number of rotatable bonds is 14. The van der Waals surface area contributed by atoms with Gasteiger partial charge < -0.3 is 19.1 Å². The first-order chi connectivity index (χ1) is 20.9. The maximum atomic E-state index is 13.3. The number of nitrogens with one attached hydrogen (secondary N) is 1. The van der Waals surface area contributed by atoms with Crippen LogP contribution in [0.5, 0.6) is 17.2 Å². The van der Waals surface area contributed by atoms with Gasteiger partial charge in [-0.25, -0.2) is 8.42 Å². The predicted molar refractivity (Wildman–Crippen MR) is 166 cm³/mol.